The molecule has 2 aromatic carbocycles. The van der Waals surface area contributed by atoms with Crippen molar-refractivity contribution in [3.8, 4) is 17.1 Å². The van der Waals surface area contributed by atoms with E-state index in [1.807, 2.05) is 0 Å². The largest absolute Gasteiger partial charge is 0.461 e. The minimum atomic E-state index is -3.19. The molecule has 2 atom stereocenters. The topological polar surface area (TPSA) is 109 Å². The van der Waals surface area contributed by atoms with Crippen LogP contribution in [0, 0.1) is 11.6 Å². The fourth-order valence-corrected chi connectivity index (χ4v) is 8.67. The Hall–Kier alpha value is -3.99. The molecule has 10 nitrogen and oxygen atoms in total. The predicted molar refractivity (Wildman–Crippen MR) is 181 cm³/mol. The minimum Gasteiger partial charge on any atom is -0.461 e. The normalized spacial score (nSPS) is 22.8. The highest BCUT2D eigenvalue weighted by Gasteiger charge is 2.49. The van der Waals surface area contributed by atoms with Gasteiger partial charge in [0.25, 0.3) is 5.92 Å². The van der Waals surface area contributed by atoms with Crippen molar-refractivity contribution in [2.75, 3.05) is 56.5 Å². The molecule has 50 heavy (non-hydrogen) atoms. The number of anilines is 2. The second kappa shape index (κ2) is 12.7. The first-order valence-electron chi connectivity index (χ1n) is 16.1. The summed E-state index contributed by atoms with van der Waals surface area (Å²) in [5.74, 6) is -4.65. The van der Waals surface area contributed by atoms with Crippen molar-refractivity contribution < 1.29 is 26.7 Å². The van der Waals surface area contributed by atoms with Gasteiger partial charge in [-0.05, 0) is 37.6 Å². The molecule has 0 unspecified atom stereocenters. The molecule has 0 amide bonds. The van der Waals surface area contributed by atoms with Gasteiger partial charge in [-0.1, -0.05) is 22.9 Å². The smallest absolute Gasteiger partial charge is 0.319 e. The van der Waals surface area contributed by atoms with Crippen LogP contribution in [0.5, 0.6) is 6.01 Å². The second-order valence-corrected chi connectivity index (χ2v) is 14.6. The number of nitrogens with zero attached hydrogens (tertiary/aromatic N) is 8. The number of benzene rings is 2. The lowest BCUT2D eigenvalue weighted by Crippen LogP contribution is -2.43. The lowest BCUT2D eigenvalue weighted by atomic mass is 9.95. The van der Waals surface area contributed by atoms with Crippen LogP contribution in [0.3, 0.4) is 0 Å². The Labute approximate surface area is 292 Å². The third-order valence-corrected chi connectivity index (χ3v) is 10.9. The van der Waals surface area contributed by atoms with Crippen molar-refractivity contribution in [3.63, 3.8) is 0 Å². The van der Waals surface area contributed by atoms with Crippen LogP contribution in [-0.2, 0) is 6.54 Å². The average Bonchev–Trinajstić information content (AvgIpc) is 3.71. The molecule has 17 heteroatoms. The number of hydrogen-bond acceptors (Lipinski definition) is 11. The van der Waals surface area contributed by atoms with E-state index in [1.54, 1.807) is 17.3 Å². The zero-order valence-electron chi connectivity index (χ0n) is 26.6. The fourth-order valence-electron chi connectivity index (χ4n) is 7.62. The van der Waals surface area contributed by atoms with Gasteiger partial charge in [-0.15, -0.1) is 0 Å². The number of hydrogen-bond donors (Lipinski definition) is 1. The van der Waals surface area contributed by atoms with Gasteiger partial charge in [-0.25, -0.2) is 36.9 Å². The van der Waals surface area contributed by atoms with Crippen LogP contribution in [0.4, 0.5) is 32.9 Å². The predicted octanol–water partition coefficient (Wildman–Crippen LogP) is 6.12. The molecule has 0 aliphatic carbocycles. The molecule has 8 rings (SSSR count). The highest BCUT2D eigenvalue weighted by molar-refractivity contribution is 7.22. The SMILES string of the molecule is Nc1nc2c(-c3c(Cl)cc4c(N5CCN(Cc6cncnc6)CC(F)(F)C5)nc(OC[C@@]56CCCN5C[C@H](F)C6)nc4c3F)ccc(F)c2s1. The zero-order valence-corrected chi connectivity index (χ0v) is 28.1. The van der Waals surface area contributed by atoms with E-state index in [1.165, 1.54) is 29.4 Å². The number of fused-ring (bicyclic) bond motifs is 3. The van der Waals surface area contributed by atoms with Crippen LogP contribution >= 0.6 is 22.9 Å². The molecular formula is C33H31ClF5N9OS. The third-order valence-electron chi connectivity index (χ3n) is 9.74. The van der Waals surface area contributed by atoms with E-state index < -0.39 is 42.4 Å². The van der Waals surface area contributed by atoms with Gasteiger partial charge < -0.3 is 15.4 Å². The van der Waals surface area contributed by atoms with E-state index in [0.29, 0.717) is 18.5 Å². The molecule has 6 heterocycles. The van der Waals surface area contributed by atoms with Crippen LogP contribution in [0.25, 0.3) is 32.2 Å². The zero-order chi connectivity index (χ0) is 34.8. The molecule has 0 spiro atoms. The maximum absolute atomic E-state index is 16.9. The Bertz CT molecular complexity index is 2090. The van der Waals surface area contributed by atoms with E-state index in [-0.39, 0.29) is 86.9 Å². The highest BCUT2D eigenvalue weighted by atomic mass is 35.5. The number of aromatic nitrogens is 5. The molecular weight excluding hydrogens is 701 g/mol. The quantitative estimate of drug-likeness (QED) is 0.197. The first kappa shape index (κ1) is 33.2. The summed E-state index contributed by atoms with van der Waals surface area (Å²) >= 11 is 7.68. The van der Waals surface area contributed by atoms with Crippen molar-refractivity contribution >= 4 is 55.0 Å². The van der Waals surface area contributed by atoms with Crippen LogP contribution in [0.2, 0.25) is 5.02 Å². The van der Waals surface area contributed by atoms with Crippen LogP contribution in [0.15, 0.2) is 36.9 Å². The summed E-state index contributed by atoms with van der Waals surface area (Å²) < 4.78 is 83.7. The second-order valence-electron chi connectivity index (χ2n) is 13.2. The Balaban J connectivity index is 1.23. The highest BCUT2D eigenvalue weighted by Crippen LogP contribution is 2.44. The number of halogens is 6. The van der Waals surface area contributed by atoms with E-state index in [2.05, 4.69) is 29.8 Å². The van der Waals surface area contributed by atoms with Gasteiger partial charge in [0.15, 0.2) is 10.9 Å². The van der Waals surface area contributed by atoms with Crippen LogP contribution < -0.4 is 15.4 Å². The molecule has 0 bridgehead atoms. The van der Waals surface area contributed by atoms with E-state index in [9.17, 15) is 8.78 Å². The van der Waals surface area contributed by atoms with E-state index >= 15 is 13.2 Å². The summed E-state index contributed by atoms with van der Waals surface area (Å²) in [4.78, 5) is 26.3. The third kappa shape index (κ3) is 6.05. The number of thiazole rings is 1. The van der Waals surface area contributed by atoms with Crippen LogP contribution in [0.1, 0.15) is 24.8 Å². The molecule has 3 saturated heterocycles. The monoisotopic (exact) mass is 731 g/mol. The van der Waals surface area contributed by atoms with E-state index in [4.69, 9.17) is 22.1 Å². The van der Waals surface area contributed by atoms with Gasteiger partial charge in [0.2, 0.25) is 0 Å². The molecule has 0 saturated carbocycles. The Kier molecular flexibility index (Phi) is 8.39. The number of nitrogen functional groups attached to an aromatic ring is 1. The maximum Gasteiger partial charge on any atom is 0.319 e. The molecule has 0 radical (unpaired) electrons. The molecule has 262 valence electrons. The first-order chi connectivity index (χ1) is 24.0. The van der Waals surface area contributed by atoms with Crippen molar-refractivity contribution in [1.29, 1.82) is 0 Å². The van der Waals surface area contributed by atoms with Gasteiger partial charge in [-0.3, -0.25) is 9.80 Å². The summed E-state index contributed by atoms with van der Waals surface area (Å²) in [6.07, 6.45) is 5.37. The van der Waals surface area contributed by atoms with Gasteiger partial charge in [-0.2, -0.15) is 9.97 Å². The summed E-state index contributed by atoms with van der Waals surface area (Å²) in [6, 6.07) is 3.71. The van der Waals surface area contributed by atoms with Gasteiger partial charge in [0, 0.05) is 67.1 Å². The van der Waals surface area contributed by atoms with Gasteiger partial charge in [0.1, 0.15) is 36.3 Å². The summed E-state index contributed by atoms with van der Waals surface area (Å²) in [6.45, 7) is 0.332. The van der Waals surface area contributed by atoms with E-state index in [0.717, 1.165) is 24.3 Å². The average molecular weight is 732 g/mol. The number of alkyl halides is 3. The summed E-state index contributed by atoms with van der Waals surface area (Å²) in [5, 5.41) is 0.0918. The molecule has 3 fully saturated rings. The van der Waals surface area contributed by atoms with Gasteiger partial charge in [0.05, 0.1) is 33.9 Å². The number of nitrogens with two attached hydrogens (primary N) is 1. The number of rotatable bonds is 7. The van der Waals surface area contributed by atoms with Crippen molar-refractivity contribution in [2.45, 2.75) is 43.4 Å². The van der Waals surface area contributed by atoms with Gasteiger partial charge >= 0.3 is 6.01 Å². The lowest BCUT2D eigenvalue weighted by molar-refractivity contribution is -0.0168. The van der Waals surface area contributed by atoms with Crippen molar-refractivity contribution in [3.05, 3.63) is 59.1 Å². The summed E-state index contributed by atoms with van der Waals surface area (Å²) in [7, 11) is 0. The Morgan fingerprint density at radius 2 is 1.86 bits per heavy atom. The lowest BCUT2D eigenvalue weighted by Gasteiger charge is -2.31. The van der Waals surface area contributed by atoms with Crippen molar-refractivity contribution in [2.24, 2.45) is 0 Å². The fraction of sp³-hybridized carbons (Fsp3) is 0.424. The molecule has 3 aliphatic rings. The Morgan fingerprint density at radius 1 is 1.04 bits per heavy atom. The molecule has 3 aliphatic heterocycles. The van der Waals surface area contributed by atoms with Crippen LogP contribution in [-0.4, -0.2) is 98.2 Å². The summed E-state index contributed by atoms with van der Waals surface area (Å²) in [5.41, 5.74) is 5.97. The van der Waals surface area contributed by atoms with Crippen molar-refractivity contribution in [1.82, 2.24) is 34.7 Å². The Morgan fingerprint density at radius 3 is 2.68 bits per heavy atom. The standard InChI is InChI=1S/C33H31ClF5N9OS/c34-22-8-21-26(25(37)24(22)20-2-3-23(36)28-27(20)43-30(40)50-28)44-31(49-16-32-4-1-5-48(32)13-19(35)9-32)45-29(21)47-7-6-46(14-33(38,39)15-47)12-18-10-41-17-42-11-18/h2-3,8,10-11,17,19H,1,4-7,9,12-16H2,(H2,40,43)/t19-,32+/m1/s1. The minimum absolute atomic E-state index is 0.0136. The molecule has 2 N–H and O–H groups in total. The first-order valence-corrected chi connectivity index (χ1v) is 17.3. The molecule has 5 aromatic rings. The molecule has 3 aromatic heterocycles. The maximum atomic E-state index is 16.9. The number of ether oxygens (including phenoxy) is 1.